The number of amides is 1. The molecule has 5 heterocycles. The van der Waals surface area contributed by atoms with Gasteiger partial charge in [0.1, 0.15) is 16.9 Å². The molecule has 0 N–H and O–H groups in total. The molecule has 226 valence electrons. The first kappa shape index (κ1) is 28.6. The molecule has 1 fully saturated rings. The van der Waals surface area contributed by atoms with Gasteiger partial charge in [0.25, 0.3) is 0 Å². The van der Waals surface area contributed by atoms with E-state index in [0.717, 1.165) is 30.9 Å². The summed E-state index contributed by atoms with van der Waals surface area (Å²) in [5.74, 6) is -0.214. The minimum absolute atomic E-state index is 0.157. The van der Waals surface area contributed by atoms with Crippen molar-refractivity contribution >= 4 is 28.8 Å². The van der Waals surface area contributed by atoms with Crippen LogP contribution in [0.4, 0.5) is 15.0 Å². The fourth-order valence-corrected chi connectivity index (χ4v) is 5.70. The molecule has 1 saturated heterocycles. The number of halogens is 1. The van der Waals surface area contributed by atoms with Crippen LogP contribution in [-0.4, -0.2) is 79.7 Å². The molecule has 0 unspecified atom stereocenters. The van der Waals surface area contributed by atoms with E-state index in [-0.39, 0.29) is 18.2 Å². The van der Waals surface area contributed by atoms with Gasteiger partial charge < -0.3 is 23.8 Å². The summed E-state index contributed by atoms with van der Waals surface area (Å²) in [6, 6.07) is 6.28. The second-order valence-corrected chi connectivity index (χ2v) is 11.9. The van der Waals surface area contributed by atoms with E-state index < -0.39 is 23.4 Å². The lowest BCUT2D eigenvalue weighted by atomic mass is 10.1. The molecule has 1 amide bonds. The second-order valence-electron chi connectivity index (χ2n) is 11.9. The molecule has 0 saturated carbocycles. The van der Waals surface area contributed by atoms with Gasteiger partial charge in [-0.3, -0.25) is 4.68 Å². The van der Waals surface area contributed by atoms with Crippen LogP contribution in [-0.2, 0) is 27.2 Å². The highest BCUT2D eigenvalue weighted by Crippen LogP contribution is 2.32. The van der Waals surface area contributed by atoms with E-state index in [2.05, 4.69) is 20.0 Å². The normalized spacial score (nSPS) is 15.9. The molecule has 0 spiro atoms. The van der Waals surface area contributed by atoms with Crippen molar-refractivity contribution in [2.24, 2.45) is 0 Å². The fourth-order valence-electron chi connectivity index (χ4n) is 5.70. The standard InChI is InChI=1S/C31H36FN7O4/c1-5-42-29(40)28(27-23-7-6-12-38(23)19-34-27)39-18-21-8-10-22(25(32)26(21)35-39)20-9-11-24(33-17-20)36-13-15-37(16-14-36)30(41)43-31(2,3)4/h8-11,17-19,28H,5-7,12-16H2,1-4H3/t28-/m1/s1. The number of fused-ring (bicyclic) bond motifs is 2. The number of anilines is 1. The third-order valence-corrected chi connectivity index (χ3v) is 7.77. The molecule has 6 rings (SSSR count). The maximum Gasteiger partial charge on any atom is 0.410 e. The van der Waals surface area contributed by atoms with Crippen molar-refractivity contribution in [3.05, 3.63) is 60.2 Å². The van der Waals surface area contributed by atoms with Crippen LogP contribution < -0.4 is 4.90 Å². The predicted octanol–water partition coefficient (Wildman–Crippen LogP) is 4.59. The highest BCUT2D eigenvalue weighted by atomic mass is 19.1. The SMILES string of the molecule is CCOC(=O)[C@@H](c1ncn2c1CCC2)n1cc2ccc(-c3ccc(N4CCN(C(=O)OC(C)(C)C)CC4)nc3)c(F)c2n1. The number of ether oxygens (including phenoxy) is 2. The van der Waals surface area contributed by atoms with Gasteiger partial charge >= 0.3 is 12.1 Å². The molecule has 12 heteroatoms. The summed E-state index contributed by atoms with van der Waals surface area (Å²) >= 11 is 0. The van der Waals surface area contributed by atoms with Crippen molar-refractivity contribution < 1.29 is 23.5 Å². The number of benzene rings is 1. The Balaban J connectivity index is 1.22. The number of hydrogen-bond donors (Lipinski definition) is 0. The largest absolute Gasteiger partial charge is 0.464 e. The van der Waals surface area contributed by atoms with Gasteiger partial charge in [-0.2, -0.15) is 5.10 Å². The maximum absolute atomic E-state index is 15.9. The van der Waals surface area contributed by atoms with E-state index in [0.29, 0.717) is 48.4 Å². The van der Waals surface area contributed by atoms with Gasteiger partial charge in [0.15, 0.2) is 11.9 Å². The van der Waals surface area contributed by atoms with Gasteiger partial charge in [-0.1, -0.05) is 12.1 Å². The lowest BCUT2D eigenvalue weighted by molar-refractivity contribution is -0.146. The topological polar surface area (TPSA) is 108 Å². The summed E-state index contributed by atoms with van der Waals surface area (Å²) in [6.45, 7) is 10.7. The van der Waals surface area contributed by atoms with E-state index >= 15 is 4.39 Å². The summed E-state index contributed by atoms with van der Waals surface area (Å²) < 4.78 is 30.3. The molecule has 43 heavy (non-hydrogen) atoms. The highest BCUT2D eigenvalue weighted by molar-refractivity contribution is 5.86. The molecule has 1 atom stereocenters. The van der Waals surface area contributed by atoms with Gasteiger partial charge in [-0.05, 0) is 52.7 Å². The first-order valence-electron chi connectivity index (χ1n) is 14.7. The van der Waals surface area contributed by atoms with Crippen LogP contribution in [0.25, 0.3) is 22.0 Å². The Morgan fingerprint density at radius 2 is 1.84 bits per heavy atom. The first-order valence-corrected chi connectivity index (χ1v) is 14.7. The van der Waals surface area contributed by atoms with E-state index in [9.17, 15) is 9.59 Å². The van der Waals surface area contributed by atoms with Gasteiger partial charge in [0.05, 0.1) is 18.6 Å². The third-order valence-electron chi connectivity index (χ3n) is 7.77. The number of carbonyl (C=O) groups excluding carboxylic acids is 2. The lowest BCUT2D eigenvalue weighted by Crippen LogP contribution is -2.50. The Morgan fingerprint density at radius 1 is 1.05 bits per heavy atom. The molecule has 0 aliphatic carbocycles. The smallest absolute Gasteiger partial charge is 0.410 e. The monoisotopic (exact) mass is 589 g/mol. The Labute approximate surface area is 249 Å². The number of aryl methyl sites for hydroxylation is 1. The van der Waals surface area contributed by atoms with E-state index in [4.69, 9.17) is 9.47 Å². The minimum Gasteiger partial charge on any atom is -0.464 e. The lowest BCUT2D eigenvalue weighted by Gasteiger charge is -2.36. The summed E-state index contributed by atoms with van der Waals surface area (Å²) in [4.78, 5) is 38.4. The number of aromatic nitrogens is 5. The molecule has 2 aliphatic heterocycles. The molecule has 0 bridgehead atoms. The van der Waals surface area contributed by atoms with Gasteiger partial charge in [0, 0.05) is 67.3 Å². The molecule has 1 aromatic carbocycles. The zero-order valence-electron chi connectivity index (χ0n) is 24.9. The molecular weight excluding hydrogens is 553 g/mol. The first-order chi connectivity index (χ1) is 20.6. The third kappa shape index (κ3) is 5.65. The van der Waals surface area contributed by atoms with Crippen molar-refractivity contribution in [1.29, 1.82) is 0 Å². The minimum atomic E-state index is -0.902. The fraction of sp³-hybridized carbons (Fsp3) is 0.452. The van der Waals surface area contributed by atoms with Gasteiger partial charge in [-0.15, -0.1) is 0 Å². The van der Waals surface area contributed by atoms with Crippen LogP contribution in [0.1, 0.15) is 51.5 Å². The highest BCUT2D eigenvalue weighted by Gasteiger charge is 2.33. The number of pyridine rings is 1. The van der Waals surface area contributed by atoms with E-state index in [1.54, 1.807) is 42.7 Å². The zero-order chi connectivity index (χ0) is 30.3. The summed E-state index contributed by atoms with van der Waals surface area (Å²) in [5, 5.41) is 5.11. The number of rotatable bonds is 6. The molecule has 4 aromatic rings. The summed E-state index contributed by atoms with van der Waals surface area (Å²) in [5.41, 5.74) is 2.17. The van der Waals surface area contributed by atoms with Crippen LogP contribution >= 0.6 is 0 Å². The zero-order valence-corrected chi connectivity index (χ0v) is 24.9. The van der Waals surface area contributed by atoms with Crippen molar-refractivity contribution in [2.75, 3.05) is 37.7 Å². The quantitative estimate of drug-likeness (QED) is 0.301. The summed E-state index contributed by atoms with van der Waals surface area (Å²) in [7, 11) is 0. The van der Waals surface area contributed by atoms with Crippen molar-refractivity contribution in [3.8, 4) is 11.1 Å². The van der Waals surface area contributed by atoms with Crippen molar-refractivity contribution in [3.63, 3.8) is 0 Å². The molecule has 2 aliphatic rings. The van der Waals surface area contributed by atoms with Crippen molar-refractivity contribution in [1.82, 2.24) is 29.2 Å². The second kappa shape index (κ2) is 11.3. The molecule has 0 radical (unpaired) electrons. The number of hydrogen-bond acceptors (Lipinski definition) is 8. The molecule has 3 aromatic heterocycles. The van der Waals surface area contributed by atoms with Crippen LogP contribution in [0, 0.1) is 5.82 Å². The van der Waals surface area contributed by atoms with Crippen LogP contribution in [0.5, 0.6) is 0 Å². The van der Waals surface area contributed by atoms with Crippen LogP contribution in [0.3, 0.4) is 0 Å². The van der Waals surface area contributed by atoms with Gasteiger partial charge in [-0.25, -0.2) is 23.9 Å². The molecular formula is C31H36FN7O4. The number of nitrogens with zero attached hydrogens (tertiary/aromatic N) is 7. The average Bonchev–Trinajstić information content (AvgIpc) is 3.71. The van der Waals surface area contributed by atoms with Crippen molar-refractivity contribution in [2.45, 2.75) is 58.7 Å². The summed E-state index contributed by atoms with van der Waals surface area (Å²) in [6.07, 6.45) is 6.53. The predicted molar refractivity (Wildman–Crippen MR) is 158 cm³/mol. The van der Waals surface area contributed by atoms with Crippen LogP contribution in [0.2, 0.25) is 0 Å². The van der Waals surface area contributed by atoms with E-state index in [1.165, 1.54) is 4.68 Å². The van der Waals surface area contributed by atoms with E-state index in [1.807, 2.05) is 37.5 Å². The number of carbonyl (C=O) groups is 2. The van der Waals surface area contributed by atoms with Crippen LogP contribution in [0.15, 0.2) is 43.0 Å². The Bertz CT molecular complexity index is 1650. The molecule has 11 nitrogen and oxygen atoms in total. The number of esters is 1. The number of piperazine rings is 1. The average molecular weight is 590 g/mol. The Kier molecular flexibility index (Phi) is 7.53. The Hall–Kier alpha value is -4.48. The van der Waals surface area contributed by atoms with Gasteiger partial charge in [0.2, 0.25) is 0 Å². The Morgan fingerprint density at radius 3 is 2.53 bits per heavy atom. The number of imidazole rings is 1. The maximum atomic E-state index is 15.9.